The average Bonchev–Trinajstić information content (AvgIpc) is 2.75. The molecule has 0 amide bonds. The van der Waals surface area contributed by atoms with Crippen molar-refractivity contribution in [1.29, 1.82) is 0 Å². The van der Waals surface area contributed by atoms with E-state index in [0.717, 1.165) is 25.7 Å². The second-order valence-electron chi connectivity index (χ2n) is 9.07. The lowest BCUT2D eigenvalue weighted by Crippen LogP contribution is -2.22. The number of aryl methyl sites for hydroxylation is 2. The van der Waals surface area contributed by atoms with Crippen molar-refractivity contribution in [2.24, 2.45) is 11.8 Å². The first kappa shape index (κ1) is 24.6. The Morgan fingerprint density at radius 1 is 0.677 bits per heavy atom. The normalized spacial score (nSPS) is 12.1. The molecule has 0 saturated carbocycles. The van der Waals surface area contributed by atoms with E-state index < -0.39 is 18.0 Å². The van der Waals surface area contributed by atoms with Gasteiger partial charge in [0.05, 0.1) is 11.1 Å². The Balaban J connectivity index is 1.78. The van der Waals surface area contributed by atoms with Gasteiger partial charge in [0.1, 0.15) is 12.7 Å². The van der Waals surface area contributed by atoms with Crippen LogP contribution < -0.4 is 0 Å². The van der Waals surface area contributed by atoms with Gasteiger partial charge in [0.15, 0.2) is 0 Å². The maximum absolute atomic E-state index is 12.3. The molecular formula is C27H36O4. The summed E-state index contributed by atoms with van der Waals surface area (Å²) in [5.41, 5.74) is 3.43. The van der Waals surface area contributed by atoms with E-state index in [0.29, 0.717) is 23.0 Å². The first-order valence-electron chi connectivity index (χ1n) is 11.3. The van der Waals surface area contributed by atoms with Gasteiger partial charge in [-0.3, -0.25) is 0 Å². The minimum atomic E-state index is -0.526. The second-order valence-corrected chi connectivity index (χ2v) is 9.07. The Morgan fingerprint density at radius 2 is 1.10 bits per heavy atom. The smallest absolute Gasteiger partial charge is 0.338 e. The largest absolute Gasteiger partial charge is 0.458 e. The van der Waals surface area contributed by atoms with Gasteiger partial charge in [0, 0.05) is 0 Å². The number of hydrogen-bond acceptors (Lipinski definition) is 4. The fraction of sp³-hybridized carbons (Fsp3) is 0.481. The summed E-state index contributed by atoms with van der Waals surface area (Å²) in [5.74, 6) is 0.481. The molecule has 1 atom stereocenters. The van der Waals surface area contributed by atoms with Gasteiger partial charge in [-0.1, -0.05) is 52.0 Å². The molecular weight excluding hydrogens is 388 g/mol. The molecule has 31 heavy (non-hydrogen) atoms. The van der Waals surface area contributed by atoms with Crippen LogP contribution in [0.4, 0.5) is 0 Å². The summed E-state index contributed by atoms with van der Waals surface area (Å²) in [6, 6.07) is 15.0. The van der Waals surface area contributed by atoms with Crippen molar-refractivity contribution in [3.05, 3.63) is 70.8 Å². The minimum absolute atomic E-state index is 0.0200. The van der Waals surface area contributed by atoms with Crippen LogP contribution in [0.25, 0.3) is 0 Å². The fourth-order valence-electron chi connectivity index (χ4n) is 3.09. The van der Waals surface area contributed by atoms with Gasteiger partial charge in [-0.05, 0) is 79.8 Å². The van der Waals surface area contributed by atoms with Crippen molar-refractivity contribution in [2.75, 3.05) is 6.61 Å². The van der Waals surface area contributed by atoms with Crippen LogP contribution in [0, 0.1) is 11.8 Å². The van der Waals surface area contributed by atoms with Gasteiger partial charge < -0.3 is 9.47 Å². The number of esters is 2. The molecule has 0 N–H and O–H groups in total. The first-order valence-corrected chi connectivity index (χ1v) is 11.3. The maximum atomic E-state index is 12.3. The number of carbonyl (C=O) groups is 2. The standard InChI is InChI=1S/C27H36O4/c1-19(2)6-8-22-10-14-24(15-11-22)26(28)30-18-21(5)31-27(29)25-16-12-23(13-17-25)9-7-20(3)4/h10-17,19-21H,6-9,18H2,1-5H3/t21-/m0/s1. The molecule has 0 aliphatic carbocycles. The van der Waals surface area contributed by atoms with E-state index in [4.69, 9.17) is 9.47 Å². The molecule has 0 saturated heterocycles. The van der Waals surface area contributed by atoms with E-state index in [2.05, 4.69) is 27.7 Å². The molecule has 0 unspecified atom stereocenters. The van der Waals surface area contributed by atoms with Crippen molar-refractivity contribution in [1.82, 2.24) is 0 Å². The molecule has 0 heterocycles. The van der Waals surface area contributed by atoms with Crippen molar-refractivity contribution in [2.45, 2.75) is 66.4 Å². The van der Waals surface area contributed by atoms with E-state index in [1.807, 2.05) is 24.3 Å². The summed E-state index contributed by atoms with van der Waals surface area (Å²) >= 11 is 0. The summed E-state index contributed by atoms with van der Waals surface area (Å²) in [5, 5.41) is 0. The Hall–Kier alpha value is -2.62. The topological polar surface area (TPSA) is 52.6 Å². The number of rotatable bonds is 11. The Morgan fingerprint density at radius 3 is 1.52 bits per heavy atom. The Bertz CT molecular complexity index is 819. The van der Waals surface area contributed by atoms with Gasteiger partial charge in [-0.15, -0.1) is 0 Å². The third kappa shape index (κ3) is 8.95. The minimum Gasteiger partial charge on any atom is -0.458 e. The van der Waals surface area contributed by atoms with Gasteiger partial charge in [-0.2, -0.15) is 0 Å². The second kappa shape index (κ2) is 12.3. The van der Waals surface area contributed by atoms with Crippen LogP contribution in [-0.4, -0.2) is 24.6 Å². The highest BCUT2D eigenvalue weighted by Crippen LogP contribution is 2.13. The van der Waals surface area contributed by atoms with Crippen LogP contribution in [0.1, 0.15) is 79.3 Å². The van der Waals surface area contributed by atoms with Gasteiger partial charge >= 0.3 is 11.9 Å². The zero-order valence-electron chi connectivity index (χ0n) is 19.5. The van der Waals surface area contributed by atoms with Crippen LogP contribution in [0.3, 0.4) is 0 Å². The highest BCUT2D eigenvalue weighted by molar-refractivity contribution is 5.90. The number of carbonyl (C=O) groups excluding carboxylic acids is 2. The van der Waals surface area contributed by atoms with E-state index in [1.54, 1.807) is 31.2 Å². The monoisotopic (exact) mass is 424 g/mol. The number of hydrogen-bond donors (Lipinski definition) is 0. The highest BCUT2D eigenvalue weighted by atomic mass is 16.6. The molecule has 0 aromatic heterocycles. The predicted octanol–water partition coefficient (Wildman–Crippen LogP) is 6.27. The van der Waals surface area contributed by atoms with Gasteiger partial charge in [0.25, 0.3) is 0 Å². The van der Waals surface area contributed by atoms with Gasteiger partial charge in [-0.25, -0.2) is 9.59 Å². The molecule has 2 aromatic rings. The lowest BCUT2D eigenvalue weighted by Gasteiger charge is -2.14. The van der Waals surface area contributed by atoms with Crippen LogP contribution in [-0.2, 0) is 22.3 Å². The molecule has 2 aromatic carbocycles. The fourth-order valence-corrected chi connectivity index (χ4v) is 3.09. The van der Waals surface area contributed by atoms with Crippen LogP contribution in [0.15, 0.2) is 48.5 Å². The van der Waals surface area contributed by atoms with E-state index in [9.17, 15) is 9.59 Å². The van der Waals surface area contributed by atoms with Crippen LogP contribution in [0.5, 0.6) is 0 Å². The van der Waals surface area contributed by atoms with E-state index >= 15 is 0 Å². The lowest BCUT2D eigenvalue weighted by atomic mass is 10.0. The summed E-state index contributed by atoms with van der Waals surface area (Å²) in [6.07, 6.45) is 3.71. The van der Waals surface area contributed by atoms with Crippen molar-refractivity contribution in [3.8, 4) is 0 Å². The van der Waals surface area contributed by atoms with E-state index in [-0.39, 0.29) is 6.61 Å². The number of ether oxygens (including phenoxy) is 2. The zero-order chi connectivity index (χ0) is 22.8. The van der Waals surface area contributed by atoms with Gasteiger partial charge in [0.2, 0.25) is 0 Å². The summed E-state index contributed by atoms with van der Waals surface area (Å²) in [7, 11) is 0. The number of benzene rings is 2. The summed E-state index contributed by atoms with van der Waals surface area (Å²) < 4.78 is 10.7. The third-order valence-corrected chi connectivity index (χ3v) is 5.16. The van der Waals surface area contributed by atoms with Crippen LogP contribution in [0.2, 0.25) is 0 Å². The summed E-state index contributed by atoms with van der Waals surface area (Å²) in [6.45, 7) is 10.5. The van der Waals surface area contributed by atoms with Crippen molar-refractivity contribution < 1.29 is 19.1 Å². The molecule has 0 fully saturated rings. The third-order valence-electron chi connectivity index (χ3n) is 5.16. The highest BCUT2D eigenvalue weighted by Gasteiger charge is 2.15. The average molecular weight is 425 g/mol. The van der Waals surface area contributed by atoms with Crippen molar-refractivity contribution in [3.63, 3.8) is 0 Å². The quantitative estimate of drug-likeness (QED) is 0.399. The Kier molecular flexibility index (Phi) is 9.77. The predicted molar refractivity (Wildman–Crippen MR) is 124 cm³/mol. The molecule has 0 aliphatic rings. The van der Waals surface area contributed by atoms with Crippen molar-refractivity contribution >= 4 is 11.9 Å². The molecule has 2 rings (SSSR count). The molecule has 0 spiro atoms. The lowest BCUT2D eigenvalue weighted by molar-refractivity contribution is 0.00448. The first-order chi connectivity index (χ1) is 14.7. The molecule has 0 radical (unpaired) electrons. The zero-order valence-corrected chi connectivity index (χ0v) is 19.5. The van der Waals surface area contributed by atoms with Crippen LogP contribution >= 0.6 is 0 Å². The molecule has 0 bridgehead atoms. The van der Waals surface area contributed by atoms with E-state index in [1.165, 1.54) is 11.1 Å². The molecule has 168 valence electrons. The SMILES string of the molecule is CC(C)CCc1ccc(C(=O)OC[C@H](C)OC(=O)c2ccc(CCC(C)C)cc2)cc1. The molecule has 4 nitrogen and oxygen atoms in total. The molecule has 0 aliphatic heterocycles. The molecule has 4 heteroatoms. The summed E-state index contributed by atoms with van der Waals surface area (Å²) in [4.78, 5) is 24.6. The maximum Gasteiger partial charge on any atom is 0.338 e. The Labute approximate surface area is 187 Å².